The van der Waals surface area contributed by atoms with Crippen LogP contribution in [0.4, 0.5) is 18.9 Å². The van der Waals surface area contributed by atoms with Gasteiger partial charge in [0.1, 0.15) is 0 Å². The van der Waals surface area contributed by atoms with Gasteiger partial charge in [-0.1, -0.05) is 12.1 Å². The summed E-state index contributed by atoms with van der Waals surface area (Å²) in [7, 11) is 1.48. The molecule has 3 rings (SSSR count). The van der Waals surface area contributed by atoms with E-state index in [1.807, 2.05) is 5.38 Å². The Labute approximate surface area is 159 Å². The molecule has 0 spiro atoms. The van der Waals surface area contributed by atoms with Crippen molar-refractivity contribution in [3.8, 4) is 0 Å². The maximum atomic E-state index is 13.0. The number of aryl methyl sites for hydroxylation is 1. The number of anilines is 1. The summed E-state index contributed by atoms with van der Waals surface area (Å²) in [5, 5.41) is 4.07. The van der Waals surface area contributed by atoms with E-state index in [0.29, 0.717) is 5.56 Å². The highest BCUT2D eigenvalue weighted by molar-refractivity contribution is 7.10. The summed E-state index contributed by atoms with van der Waals surface area (Å²) in [6.45, 7) is -0.324. The molecule has 1 aliphatic carbocycles. The number of amides is 2. The number of halogens is 3. The van der Waals surface area contributed by atoms with Crippen molar-refractivity contribution >= 4 is 28.8 Å². The van der Waals surface area contributed by atoms with E-state index < -0.39 is 17.6 Å². The first-order valence-electron chi connectivity index (χ1n) is 8.58. The third-order valence-electron chi connectivity index (χ3n) is 4.53. The first kappa shape index (κ1) is 19.4. The van der Waals surface area contributed by atoms with Crippen LogP contribution >= 0.6 is 11.3 Å². The number of rotatable bonds is 4. The standard InChI is InChI=1S/C19H19F3N2O2S/c1-24(18(26)13-11-27-16-9-5-2-6-12(13)16)10-17(25)23-15-8-4-3-7-14(15)19(20,21)22/h3-4,7-8,11H,2,5-6,9-10H2,1H3,(H,23,25). The van der Waals surface area contributed by atoms with Crippen molar-refractivity contribution in [1.29, 1.82) is 0 Å². The maximum Gasteiger partial charge on any atom is 0.418 e. The van der Waals surface area contributed by atoms with Crippen LogP contribution < -0.4 is 5.32 Å². The number of hydrogen-bond acceptors (Lipinski definition) is 3. The van der Waals surface area contributed by atoms with E-state index in [2.05, 4.69) is 5.32 Å². The van der Waals surface area contributed by atoms with Gasteiger partial charge < -0.3 is 10.2 Å². The van der Waals surface area contributed by atoms with Gasteiger partial charge in [-0.05, 0) is 43.4 Å². The number of carbonyl (C=O) groups excluding carboxylic acids is 2. The number of nitrogens with zero attached hydrogens (tertiary/aromatic N) is 1. The zero-order valence-corrected chi connectivity index (χ0v) is 15.5. The normalized spacial score (nSPS) is 13.8. The van der Waals surface area contributed by atoms with Gasteiger partial charge in [-0.3, -0.25) is 9.59 Å². The number of thiophene rings is 1. The van der Waals surface area contributed by atoms with Gasteiger partial charge in [0, 0.05) is 17.3 Å². The molecule has 1 aromatic heterocycles. The van der Waals surface area contributed by atoms with E-state index in [1.165, 1.54) is 35.0 Å². The second kappa shape index (κ2) is 7.72. The SMILES string of the molecule is CN(CC(=O)Nc1ccccc1C(F)(F)F)C(=O)c1csc2c1CCCC2. The second-order valence-electron chi connectivity index (χ2n) is 6.51. The largest absolute Gasteiger partial charge is 0.418 e. The molecule has 1 N–H and O–H groups in total. The monoisotopic (exact) mass is 396 g/mol. The molecule has 4 nitrogen and oxygen atoms in total. The Bertz CT molecular complexity index is 861. The molecule has 2 aromatic rings. The van der Waals surface area contributed by atoms with Crippen LogP contribution in [0.5, 0.6) is 0 Å². The predicted molar refractivity (Wildman–Crippen MR) is 98.0 cm³/mol. The first-order valence-corrected chi connectivity index (χ1v) is 9.46. The molecule has 0 bridgehead atoms. The zero-order chi connectivity index (χ0) is 19.6. The quantitative estimate of drug-likeness (QED) is 0.835. The molecular formula is C19H19F3N2O2S. The minimum Gasteiger partial charge on any atom is -0.332 e. The molecule has 0 atom stereocenters. The Hall–Kier alpha value is -2.35. The number of hydrogen-bond donors (Lipinski definition) is 1. The molecular weight excluding hydrogens is 377 g/mol. The van der Waals surface area contributed by atoms with E-state index in [0.717, 1.165) is 37.3 Å². The van der Waals surface area contributed by atoms with E-state index >= 15 is 0 Å². The van der Waals surface area contributed by atoms with Gasteiger partial charge in [-0.15, -0.1) is 11.3 Å². The van der Waals surface area contributed by atoms with E-state index in [-0.39, 0.29) is 18.1 Å². The number of benzene rings is 1. The molecule has 0 radical (unpaired) electrons. The summed E-state index contributed by atoms with van der Waals surface area (Å²) in [6.07, 6.45) is -0.619. The molecule has 0 aliphatic heterocycles. The molecule has 1 aromatic carbocycles. The summed E-state index contributed by atoms with van der Waals surface area (Å²) >= 11 is 1.55. The molecule has 0 fully saturated rings. The summed E-state index contributed by atoms with van der Waals surface area (Å²) < 4.78 is 39.1. The van der Waals surface area contributed by atoms with Crippen LogP contribution in [0, 0.1) is 0 Å². The molecule has 1 aliphatic rings. The fraction of sp³-hybridized carbons (Fsp3) is 0.368. The van der Waals surface area contributed by atoms with E-state index in [1.54, 1.807) is 11.3 Å². The van der Waals surface area contributed by atoms with Gasteiger partial charge in [0.15, 0.2) is 0 Å². The van der Waals surface area contributed by atoms with Gasteiger partial charge in [0.2, 0.25) is 5.91 Å². The maximum absolute atomic E-state index is 13.0. The van der Waals surface area contributed by atoms with Crippen molar-refractivity contribution in [2.45, 2.75) is 31.9 Å². The smallest absolute Gasteiger partial charge is 0.332 e. The number of fused-ring (bicyclic) bond motifs is 1. The third-order valence-corrected chi connectivity index (χ3v) is 5.61. The predicted octanol–water partition coefficient (Wildman–Crippen LogP) is 4.36. The van der Waals surface area contributed by atoms with Crippen molar-refractivity contribution < 1.29 is 22.8 Å². The fourth-order valence-corrected chi connectivity index (χ4v) is 4.31. The van der Waals surface area contributed by atoms with E-state index in [4.69, 9.17) is 0 Å². The Balaban J connectivity index is 1.68. The minimum atomic E-state index is -4.57. The Morgan fingerprint density at radius 3 is 2.63 bits per heavy atom. The van der Waals surface area contributed by atoms with Crippen LogP contribution in [0.2, 0.25) is 0 Å². The molecule has 0 saturated heterocycles. The third kappa shape index (κ3) is 4.32. The Kier molecular flexibility index (Phi) is 5.55. The average Bonchev–Trinajstić information content (AvgIpc) is 3.04. The van der Waals surface area contributed by atoms with Crippen LogP contribution in [0.1, 0.15) is 39.2 Å². The average molecular weight is 396 g/mol. The van der Waals surface area contributed by atoms with Crippen LogP contribution in [-0.4, -0.2) is 30.3 Å². The van der Waals surface area contributed by atoms with Crippen LogP contribution in [0.15, 0.2) is 29.6 Å². The van der Waals surface area contributed by atoms with Gasteiger partial charge in [0.25, 0.3) is 5.91 Å². The van der Waals surface area contributed by atoms with Crippen molar-refractivity contribution in [3.05, 3.63) is 51.2 Å². The summed E-state index contributed by atoms with van der Waals surface area (Å²) in [6, 6.07) is 4.77. The molecule has 8 heteroatoms. The Morgan fingerprint density at radius 2 is 1.89 bits per heavy atom. The Morgan fingerprint density at radius 1 is 1.19 bits per heavy atom. The van der Waals surface area contributed by atoms with Gasteiger partial charge in [-0.25, -0.2) is 0 Å². The van der Waals surface area contributed by atoms with Gasteiger partial charge in [0.05, 0.1) is 23.4 Å². The molecule has 2 amide bonds. The van der Waals surface area contributed by atoms with Crippen LogP contribution in [0.25, 0.3) is 0 Å². The lowest BCUT2D eigenvalue weighted by Crippen LogP contribution is -2.35. The zero-order valence-electron chi connectivity index (χ0n) is 14.7. The fourth-order valence-electron chi connectivity index (χ4n) is 3.20. The van der Waals surface area contributed by atoms with Crippen LogP contribution in [-0.2, 0) is 23.8 Å². The molecule has 1 heterocycles. The van der Waals surface area contributed by atoms with Gasteiger partial charge in [-0.2, -0.15) is 13.2 Å². The highest BCUT2D eigenvalue weighted by Gasteiger charge is 2.33. The first-order chi connectivity index (χ1) is 12.8. The lowest BCUT2D eigenvalue weighted by molar-refractivity contribution is -0.137. The van der Waals surface area contributed by atoms with Crippen molar-refractivity contribution in [2.24, 2.45) is 0 Å². The van der Waals surface area contributed by atoms with E-state index in [9.17, 15) is 22.8 Å². The molecule has 144 valence electrons. The van der Waals surface area contributed by atoms with Crippen molar-refractivity contribution in [1.82, 2.24) is 4.90 Å². The number of alkyl halides is 3. The highest BCUT2D eigenvalue weighted by atomic mass is 32.1. The van der Waals surface area contributed by atoms with Crippen molar-refractivity contribution in [3.63, 3.8) is 0 Å². The van der Waals surface area contributed by atoms with Crippen LogP contribution in [0.3, 0.4) is 0 Å². The lowest BCUT2D eigenvalue weighted by Gasteiger charge is -2.19. The van der Waals surface area contributed by atoms with Crippen molar-refractivity contribution in [2.75, 3.05) is 18.9 Å². The number of carbonyl (C=O) groups is 2. The topological polar surface area (TPSA) is 49.4 Å². The summed E-state index contributed by atoms with van der Waals surface area (Å²) in [5.74, 6) is -0.958. The lowest BCUT2D eigenvalue weighted by atomic mass is 9.95. The van der Waals surface area contributed by atoms with Gasteiger partial charge >= 0.3 is 6.18 Å². The summed E-state index contributed by atoms with van der Waals surface area (Å²) in [4.78, 5) is 27.3. The highest BCUT2D eigenvalue weighted by Crippen LogP contribution is 2.34. The second-order valence-corrected chi connectivity index (χ2v) is 7.48. The molecule has 27 heavy (non-hydrogen) atoms. The molecule has 0 saturated carbocycles. The summed E-state index contributed by atoms with van der Waals surface area (Å²) in [5.41, 5.74) is 0.412. The molecule has 0 unspecified atom stereocenters. The number of nitrogens with one attached hydrogen (secondary N) is 1. The number of likely N-dealkylation sites (N-methyl/N-ethyl adjacent to an activating group) is 1. The number of para-hydroxylation sites is 1. The minimum absolute atomic E-state index is 0.284.